The van der Waals surface area contributed by atoms with Crippen molar-refractivity contribution in [2.24, 2.45) is 0 Å². The average molecular weight is 294 g/mol. The lowest BCUT2D eigenvalue weighted by atomic mass is 10.2. The summed E-state index contributed by atoms with van der Waals surface area (Å²) >= 11 is 5.72. The zero-order valence-corrected chi connectivity index (χ0v) is 10.7. The molecule has 20 heavy (non-hydrogen) atoms. The second-order valence-corrected chi connectivity index (χ2v) is 4.24. The van der Waals surface area contributed by atoms with Crippen LogP contribution in [-0.2, 0) is 0 Å². The van der Waals surface area contributed by atoms with Crippen LogP contribution in [0.5, 0.6) is 11.5 Å². The van der Waals surface area contributed by atoms with E-state index in [1.54, 1.807) is 0 Å². The fourth-order valence-electron chi connectivity index (χ4n) is 1.55. The van der Waals surface area contributed by atoms with E-state index in [0.29, 0.717) is 0 Å². The lowest BCUT2D eigenvalue weighted by Crippen LogP contribution is -2.00. The minimum atomic E-state index is -1.20. The normalized spacial score (nSPS) is 10.1. The number of aromatic carboxylic acids is 1. The van der Waals surface area contributed by atoms with Crippen molar-refractivity contribution in [3.8, 4) is 11.5 Å². The maximum atomic E-state index is 11.1. The number of ether oxygens (including phenoxy) is 1. The highest BCUT2D eigenvalue weighted by Gasteiger charge is 2.14. The van der Waals surface area contributed by atoms with Crippen LogP contribution in [0.1, 0.15) is 10.4 Å². The quantitative estimate of drug-likeness (QED) is 0.685. The first-order chi connectivity index (χ1) is 9.47. The summed E-state index contributed by atoms with van der Waals surface area (Å²) in [5.41, 5.74) is -0.266. The molecule has 0 aliphatic rings. The van der Waals surface area contributed by atoms with E-state index in [1.165, 1.54) is 42.5 Å². The van der Waals surface area contributed by atoms with Gasteiger partial charge >= 0.3 is 5.97 Å². The van der Waals surface area contributed by atoms with Gasteiger partial charge in [-0.25, -0.2) is 4.79 Å². The first-order valence-corrected chi connectivity index (χ1v) is 5.80. The van der Waals surface area contributed by atoms with E-state index in [4.69, 9.17) is 21.4 Å². The predicted octanol–water partition coefficient (Wildman–Crippen LogP) is 3.74. The molecule has 0 heterocycles. The molecule has 0 radical (unpaired) electrons. The molecule has 0 aliphatic heterocycles. The molecule has 102 valence electrons. The van der Waals surface area contributed by atoms with E-state index in [2.05, 4.69) is 0 Å². The summed E-state index contributed by atoms with van der Waals surface area (Å²) in [7, 11) is 0. The standard InChI is InChI=1S/C13H8ClNO5/c14-8-4-5-12(11(6-8)13(16)17)20-10-3-1-2-9(7-10)15(18)19/h1-7H,(H,16,17). The Morgan fingerprint density at radius 1 is 1.25 bits per heavy atom. The Morgan fingerprint density at radius 2 is 2.00 bits per heavy atom. The molecule has 0 amide bonds. The molecule has 6 nitrogen and oxygen atoms in total. The molecule has 0 saturated carbocycles. The monoisotopic (exact) mass is 293 g/mol. The van der Waals surface area contributed by atoms with Crippen molar-refractivity contribution in [1.29, 1.82) is 0 Å². The van der Waals surface area contributed by atoms with E-state index in [9.17, 15) is 14.9 Å². The summed E-state index contributed by atoms with van der Waals surface area (Å²) in [6.07, 6.45) is 0. The van der Waals surface area contributed by atoms with Crippen LogP contribution in [0.15, 0.2) is 42.5 Å². The van der Waals surface area contributed by atoms with Crippen LogP contribution in [0.25, 0.3) is 0 Å². The minimum Gasteiger partial charge on any atom is -0.478 e. The Morgan fingerprint density at radius 3 is 2.65 bits per heavy atom. The van der Waals surface area contributed by atoms with Crippen molar-refractivity contribution in [3.63, 3.8) is 0 Å². The number of carbonyl (C=O) groups is 1. The number of nitrogens with zero attached hydrogens (tertiary/aromatic N) is 1. The zero-order chi connectivity index (χ0) is 14.7. The highest BCUT2D eigenvalue weighted by atomic mass is 35.5. The van der Waals surface area contributed by atoms with Crippen molar-refractivity contribution in [1.82, 2.24) is 0 Å². The van der Waals surface area contributed by atoms with Gasteiger partial charge in [-0.05, 0) is 24.3 Å². The highest BCUT2D eigenvalue weighted by Crippen LogP contribution is 2.29. The molecule has 0 saturated heterocycles. The fraction of sp³-hybridized carbons (Fsp3) is 0. The number of rotatable bonds is 4. The van der Waals surface area contributed by atoms with Gasteiger partial charge in [0.1, 0.15) is 17.1 Å². The van der Waals surface area contributed by atoms with E-state index < -0.39 is 10.9 Å². The van der Waals surface area contributed by atoms with Crippen molar-refractivity contribution < 1.29 is 19.6 Å². The number of hydrogen-bond donors (Lipinski definition) is 1. The average Bonchev–Trinajstić information content (AvgIpc) is 2.41. The van der Waals surface area contributed by atoms with Crippen LogP contribution in [0.3, 0.4) is 0 Å². The summed E-state index contributed by atoms with van der Waals surface area (Å²) in [5.74, 6) is -0.973. The highest BCUT2D eigenvalue weighted by molar-refractivity contribution is 6.31. The van der Waals surface area contributed by atoms with E-state index in [-0.39, 0.29) is 27.8 Å². The summed E-state index contributed by atoms with van der Waals surface area (Å²) in [4.78, 5) is 21.2. The summed E-state index contributed by atoms with van der Waals surface area (Å²) < 4.78 is 5.37. The third-order valence-corrected chi connectivity index (χ3v) is 2.66. The SMILES string of the molecule is O=C(O)c1cc(Cl)ccc1Oc1cccc([N+](=O)[O-])c1. The third kappa shape index (κ3) is 3.04. The Bertz CT molecular complexity index is 686. The third-order valence-electron chi connectivity index (χ3n) is 2.43. The number of benzene rings is 2. The van der Waals surface area contributed by atoms with E-state index in [0.717, 1.165) is 0 Å². The largest absolute Gasteiger partial charge is 0.478 e. The first kappa shape index (κ1) is 13.8. The number of carboxylic acid groups (broad SMARTS) is 1. The van der Waals surface area contributed by atoms with Gasteiger partial charge in [0.15, 0.2) is 0 Å². The lowest BCUT2D eigenvalue weighted by molar-refractivity contribution is -0.384. The van der Waals surface area contributed by atoms with Gasteiger partial charge in [-0.15, -0.1) is 0 Å². The molecule has 0 unspecified atom stereocenters. The zero-order valence-electron chi connectivity index (χ0n) is 9.95. The Labute approximate surface area is 118 Å². The number of non-ortho nitro benzene ring substituents is 1. The summed E-state index contributed by atoms with van der Waals surface area (Å²) in [5, 5.41) is 20.0. The first-order valence-electron chi connectivity index (χ1n) is 5.42. The Hall–Kier alpha value is -2.60. The molecule has 2 aromatic carbocycles. The molecule has 1 N–H and O–H groups in total. The molecule has 7 heteroatoms. The molecular formula is C13H8ClNO5. The van der Waals surface area contributed by atoms with Gasteiger partial charge in [0.2, 0.25) is 0 Å². The topological polar surface area (TPSA) is 89.7 Å². The predicted molar refractivity (Wildman–Crippen MR) is 71.6 cm³/mol. The Balaban J connectivity index is 2.37. The number of nitro groups is 1. The Kier molecular flexibility index (Phi) is 3.86. The second kappa shape index (κ2) is 5.58. The van der Waals surface area contributed by atoms with Gasteiger partial charge in [-0.3, -0.25) is 10.1 Å². The van der Waals surface area contributed by atoms with Gasteiger partial charge < -0.3 is 9.84 Å². The molecule has 0 atom stereocenters. The van der Waals surface area contributed by atoms with E-state index in [1.807, 2.05) is 0 Å². The van der Waals surface area contributed by atoms with Gasteiger partial charge in [0.05, 0.1) is 11.0 Å². The van der Waals surface area contributed by atoms with Gasteiger partial charge in [0, 0.05) is 11.1 Å². The molecule has 0 spiro atoms. The van der Waals surface area contributed by atoms with Crippen LogP contribution >= 0.6 is 11.6 Å². The number of carboxylic acids is 1. The van der Waals surface area contributed by atoms with Crippen molar-refractivity contribution in [3.05, 3.63) is 63.2 Å². The maximum absolute atomic E-state index is 11.1. The molecule has 0 fully saturated rings. The van der Waals surface area contributed by atoms with Gasteiger partial charge in [0.25, 0.3) is 5.69 Å². The van der Waals surface area contributed by atoms with Crippen molar-refractivity contribution in [2.45, 2.75) is 0 Å². The second-order valence-electron chi connectivity index (χ2n) is 3.80. The minimum absolute atomic E-state index is 0.0578. The van der Waals surface area contributed by atoms with Crippen molar-refractivity contribution in [2.75, 3.05) is 0 Å². The lowest BCUT2D eigenvalue weighted by Gasteiger charge is -2.08. The van der Waals surface area contributed by atoms with Crippen LogP contribution in [0, 0.1) is 10.1 Å². The number of halogens is 1. The van der Waals surface area contributed by atoms with Crippen LogP contribution in [-0.4, -0.2) is 16.0 Å². The van der Waals surface area contributed by atoms with Crippen LogP contribution in [0.4, 0.5) is 5.69 Å². The summed E-state index contributed by atoms with van der Waals surface area (Å²) in [6.45, 7) is 0. The fourth-order valence-corrected chi connectivity index (χ4v) is 1.72. The molecule has 0 aromatic heterocycles. The molecule has 2 rings (SSSR count). The number of hydrogen-bond acceptors (Lipinski definition) is 4. The number of nitro benzene ring substituents is 1. The molecule has 0 aliphatic carbocycles. The van der Waals surface area contributed by atoms with Crippen LogP contribution < -0.4 is 4.74 Å². The summed E-state index contributed by atoms with van der Waals surface area (Å²) in [6, 6.07) is 9.58. The molecule has 0 bridgehead atoms. The smallest absolute Gasteiger partial charge is 0.339 e. The molecule has 2 aromatic rings. The van der Waals surface area contributed by atoms with E-state index >= 15 is 0 Å². The van der Waals surface area contributed by atoms with Crippen molar-refractivity contribution >= 4 is 23.3 Å². The maximum Gasteiger partial charge on any atom is 0.339 e. The molecular weight excluding hydrogens is 286 g/mol. The van der Waals surface area contributed by atoms with Gasteiger partial charge in [-0.1, -0.05) is 17.7 Å². The van der Waals surface area contributed by atoms with Gasteiger partial charge in [-0.2, -0.15) is 0 Å². The van der Waals surface area contributed by atoms with Crippen LogP contribution in [0.2, 0.25) is 5.02 Å².